The highest BCUT2D eigenvalue weighted by Gasteiger charge is 2.21. The molecule has 0 aliphatic rings. The van der Waals surface area contributed by atoms with Gasteiger partial charge in [0.15, 0.2) is 5.69 Å². The van der Waals surface area contributed by atoms with Crippen LogP contribution in [0.15, 0.2) is 0 Å². The van der Waals surface area contributed by atoms with Crippen LogP contribution in [0.1, 0.15) is 49.8 Å². The third-order valence-electron chi connectivity index (χ3n) is 3.31. The van der Waals surface area contributed by atoms with Crippen molar-refractivity contribution in [2.45, 2.75) is 40.0 Å². The summed E-state index contributed by atoms with van der Waals surface area (Å²) < 4.78 is 5.07. The van der Waals surface area contributed by atoms with Crippen LogP contribution < -0.4 is 11.1 Å². The van der Waals surface area contributed by atoms with E-state index < -0.39 is 0 Å². The van der Waals surface area contributed by atoms with Crippen molar-refractivity contribution in [3.8, 4) is 0 Å². The zero-order valence-electron chi connectivity index (χ0n) is 12.9. The molecule has 20 heavy (non-hydrogen) atoms. The van der Waals surface area contributed by atoms with Gasteiger partial charge in [-0.2, -0.15) is 5.10 Å². The van der Waals surface area contributed by atoms with E-state index in [9.17, 15) is 4.79 Å². The number of H-pyrrole nitrogens is 1. The summed E-state index contributed by atoms with van der Waals surface area (Å²) in [6.07, 6.45) is 2.63. The average Bonchev–Trinajstić information content (AvgIpc) is 2.76. The lowest BCUT2D eigenvalue weighted by atomic mass is 9.89. The van der Waals surface area contributed by atoms with Crippen LogP contribution in [0.4, 0.5) is 5.69 Å². The van der Waals surface area contributed by atoms with E-state index in [1.165, 1.54) is 0 Å². The van der Waals surface area contributed by atoms with Crippen LogP contribution in [0.25, 0.3) is 0 Å². The quantitative estimate of drug-likeness (QED) is 0.677. The second kappa shape index (κ2) is 7.28. The maximum absolute atomic E-state index is 12.1. The number of nitrogens with zero attached hydrogens (tertiary/aromatic N) is 1. The molecule has 1 heterocycles. The van der Waals surface area contributed by atoms with Gasteiger partial charge in [-0.15, -0.1) is 0 Å². The highest BCUT2D eigenvalue weighted by molar-refractivity contribution is 5.97. The van der Waals surface area contributed by atoms with E-state index >= 15 is 0 Å². The lowest BCUT2D eigenvalue weighted by Gasteiger charge is -2.24. The molecule has 6 nitrogen and oxygen atoms in total. The first kappa shape index (κ1) is 16.5. The molecule has 0 aliphatic carbocycles. The van der Waals surface area contributed by atoms with Crippen LogP contribution in [-0.2, 0) is 11.2 Å². The molecule has 1 aromatic rings. The van der Waals surface area contributed by atoms with Gasteiger partial charge in [0, 0.05) is 20.3 Å². The number of aromatic amines is 1. The van der Waals surface area contributed by atoms with Crippen LogP contribution in [0.3, 0.4) is 0 Å². The highest BCUT2D eigenvalue weighted by Crippen LogP contribution is 2.20. The highest BCUT2D eigenvalue weighted by atomic mass is 16.5. The van der Waals surface area contributed by atoms with Crippen molar-refractivity contribution in [2.24, 2.45) is 5.41 Å². The Kier molecular flexibility index (Phi) is 6.01. The number of hydrogen-bond donors (Lipinski definition) is 3. The van der Waals surface area contributed by atoms with Gasteiger partial charge in [0.25, 0.3) is 5.91 Å². The number of nitrogen functional groups attached to an aromatic ring is 1. The molecule has 0 fully saturated rings. The van der Waals surface area contributed by atoms with Gasteiger partial charge >= 0.3 is 0 Å². The normalized spacial score (nSPS) is 11.6. The number of anilines is 1. The fraction of sp³-hybridized carbons (Fsp3) is 0.714. The van der Waals surface area contributed by atoms with Crippen molar-refractivity contribution in [3.63, 3.8) is 0 Å². The molecule has 0 unspecified atom stereocenters. The Morgan fingerprint density at radius 1 is 1.50 bits per heavy atom. The summed E-state index contributed by atoms with van der Waals surface area (Å²) in [6, 6.07) is 0. The molecule has 1 rings (SSSR count). The lowest BCUT2D eigenvalue weighted by Crippen LogP contribution is -2.35. The fourth-order valence-corrected chi connectivity index (χ4v) is 1.87. The predicted molar refractivity (Wildman–Crippen MR) is 79.6 cm³/mol. The summed E-state index contributed by atoms with van der Waals surface area (Å²) in [4.78, 5) is 12.1. The number of nitrogens with one attached hydrogen (secondary N) is 2. The molecule has 6 heteroatoms. The Morgan fingerprint density at radius 2 is 2.20 bits per heavy atom. The Labute approximate surface area is 120 Å². The number of amides is 1. The molecule has 0 saturated carbocycles. The van der Waals surface area contributed by atoms with Crippen molar-refractivity contribution in [1.29, 1.82) is 0 Å². The van der Waals surface area contributed by atoms with Crippen molar-refractivity contribution in [1.82, 2.24) is 15.5 Å². The summed E-state index contributed by atoms with van der Waals surface area (Å²) in [7, 11) is 1.67. The fourth-order valence-electron chi connectivity index (χ4n) is 1.87. The van der Waals surface area contributed by atoms with E-state index in [4.69, 9.17) is 10.5 Å². The standard InChI is InChI=1S/C14H26N4O2/c1-5-6-10-11(15)12(18-17-10)13(19)16-9-14(2,3)7-8-20-4/h5-9,15H2,1-4H3,(H,16,19)(H,17,18). The zero-order chi connectivity index (χ0) is 15.2. The maximum Gasteiger partial charge on any atom is 0.273 e. The molecule has 4 N–H and O–H groups in total. The second-order valence-electron chi connectivity index (χ2n) is 5.80. The number of methoxy groups -OCH3 is 1. The van der Waals surface area contributed by atoms with Crippen molar-refractivity contribution < 1.29 is 9.53 Å². The van der Waals surface area contributed by atoms with E-state index in [0.29, 0.717) is 18.8 Å². The molecule has 0 bridgehead atoms. The minimum Gasteiger partial charge on any atom is -0.395 e. The number of rotatable bonds is 8. The van der Waals surface area contributed by atoms with Crippen LogP contribution >= 0.6 is 0 Å². The first-order valence-electron chi connectivity index (χ1n) is 7.01. The van der Waals surface area contributed by atoms with E-state index in [1.54, 1.807) is 7.11 Å². The molecule has 1 amide bonds. The van der Waals surface area contributed by atoms with Gasteiger partial charge in [-0.3, -0.25) is 9.89 Å². The Morgan fingerprint density at radius 3 is 2.80 bits per heavy atom. The topological polar surface area (TPSA) is 93.0 Å². The van der Waals surface area contributed by atoms with E-state index in [1.807, 2.05) is 0 Å². The van der Waals surface area contributed by atoms with Crippen LogP contribution in [-0.4, -0.2) is 36.4 Å². The number of carbonyl (C=O) groups is 1. The largest absolute Gasteiger partial charge is 0.395 e. The van der Waals surface area contributed by atoms with Crippen molar-refractivity contribution in [3.05, 3.63) is 11.4 Å². The van der Waals surface area contributed by atoms with Crippen molar-refractivity contribution in [2.75, 3.05) is 26.0 Å². The van der Waals surface area contributed by atoms with Gasteiger partial charge in [-0.25, -0.2) is 0 Å². The van der Waals surface area contributed by atoms with E-state index in [-0.39, 0.29) is 17.0 Å². The number of ether oxygens (including phenoxy) is 1. The number of aromatic nitrogens is 2. The molecule has 0 aromatic carbocycles. The van der Waals surface area contributed by atoms with Crippen LogP contribution in [0.5, 0.6) is 0 Å². The Hall–Kier alpha value is -1.56. The maximum atomic E-state index is 12.1. The minimum absolute atomic E-state index is 0.0248. The second-order valence-corrected chi connectivity index (χ2v) is 5.80. The third kappa shape index (κ3) is 4.52. The van der Waals surface area contributed by atoms with Gasteiger partial charge in [-0.1, -0.05) is 27.2 Å². The van der Waals surface area contributed by atoms with Crippen LogP contribution in [0, 0.1) is 5.41 Å². The van der Waals surface area contributed by atoms with Gasteiger partial charge < -0.3 is 15.8 Å². The van der Waals surface area contributed by atoms with Gasteiger partial charge in [0.05, 0.1) is 11.4 Å². The molecular weight excluding hydrogens is 256 g/mol. The van der Waals surface area contributed by atoms with Crippen molar-refractivity contribution >= 4 is 11.6 Å². The molecule has 0 spiro atoms. The Bertz CT molecular complexity index is 440. The molecule has 1 aromatic heterocycles. The number of carbonyl (C=O) groups excluding carboxylic acids is 1. The summed E-state index contributed by atoms with van der Waals surface area (Å²) in [5, 5.41) is 9.73. The van der Waals surface area contributed by atoms with Gasteiger partial charge in [0.1, 0.15) is 0 Å². The first-order chi connectivity index (χ1) is 9.41. The lowest BCUT2D eigenvalue weighted by molar-refractivity contribution is 0.0917. The van der Waals surface area contributed by atoms with E-state index in [2.05, 4.69) is 36.3 Å². The zero-order valence-corrected chi connectivity index (χ0v) is 12.9. The Balaban J connectivity index is 2.59. The summed E-state index contributed by atoms with van der Waals surface area (Å²) in [5.41, 5.74) is 7.49. The molecular formula is C14H26N4O2. The van der Waals surface area contributed by atoms with E-state index in [0.717, 1.165) is 25.0 Å². The molecule has 0 atom stereocenters. The average molecular weight is 282 g/mol. The summed E-state index contributed by atoms with van der Waals surface area (Å²) in [5.74, 6) is -0.230. The third-order valence-corrected chi connectivity index (χ3v) is 3.31. The number of hydrogen-bond acceptors (Lipinski definition) is 4. The number of nitrogens with two attached hydrogens (primary N) is 1. The molecule has 114 valence electrons. The summed E-state index contributed by atoms with van der Waals surface area (Å²) in [6.45, 7) is 7.46. The smallest absolute Gasteiger partial charge is 0.273 e. The molecule has 0 radical (unpaired) electrons. The number of aryl methyl sites for hydroxylation is 1. The molecule has 0 aliphatic heterocycles. The van der Waals surface area contributed by atoms with Gasteiger partial charge in [0.2, 0.25) is 0 Å². The van der Waals surface area contributed by atoms with Gasteiger partial charge in [-0.05, 0) is 18.3 Å². The minimum atomic E-state index is -0.230. The first-order valence-corrected chi connectivity index (χ1v) is 7.01. The predicted octanol–water partition coefficient (Wildman–Crippen LogP) is 1.74. The molecule has 0 saturated heterocycles. The van der Waals surface area contributed by atoms with Crippen LogP contribution in [0.2, 0.25) is 0 Å². The monoisotopic (exact) mass is 282 g/mol. The summed E-state index contributed by atoms with van der Waals surface area (Å²) >= 11 is 0. The SMILES string of the molecule is CCCc1[nH]nc(C(=O)NCC(C)(C)CCOC)c1N.